The first kappa shape index (κ1) is 21.0. The average molecular weight is 425 g/mol. The smallest absolute Gasteiger partial charge is 0.410 e. The summed E-state index contributed by atoms with van der Waals surface area (Å²) in [7, 11) is 0. The van der Waals surface area contributed by atoms with Crippen molar-refractivity contribution in [1.29, 1.82) is 0 Å². The minimum Gasteiger partial charge on any atom is -0.465 e. The highest BCUT2D eigenvalue weighted by Gasteiger charge is 2.26. The van der Waals surface area contributed by atoms with Crippen LogP contribution in [-0.2, 0) is 16.1 Å². The second-order valence-corrected chi connectivity index (χ2v) is 7.69. The van der Waals surface area contributed by atoms with Gasteiger partial charge in [-0.15, -0.1) is 0 Å². The lowest BCUT2D eigenvalue weighted by atomic mass is 10.1. The zero-order valence-electron chi connectivity index (χ0n) is 17.4. The number of carbonyl (C=O) groups excluding carboxylic acids is 1. The fraction of sp³-hybridized carbons (Fsp3) is 0.391. The van der Waals surface area contributed by atoms with E-state index >= 15 is 0 Å². The van der Waals surface area contributed by atoms with E-state index in [-0.39, 0.29) is 18.8 Å². The molecule has 0 bridgehead atoms. The first-order valence-electron chi connectivity index (χ1n) is 10.5. The molecule has 2 aliphatic heterocycles. The number of rotatable bonds is 4. The van der Waals surface area contributed by atoms with Gasteiger partial charge in [0.25, 0.3) is 0 Å². The number of ether oxygens (including phenoxy) is 2. The largest absolute Gasteiger partial charge is 0.465 e. The molecule has 4 rings (SSSR count). The van der Waals surface area contributed by atoms with Gasteiger partial charge in [-0.05, 0) is 23.3 Å². The normalized spacial score (nSPS) is 19.2. The Morgan fingerprint density at radius 3 is 2.32 bits per heavy atom. The number of piperazine rings is 1. The Bertz CT molecular complexity index is 882. The van der Waals surface area contributed by atoms with Crippen molar-refractivity contribution in [3.63, 3.8) is 0 Å². The highest BCUT2D eigenvalue weighted by molar-refractivity contribution is 5.68. The van der Waals surface area contributed by atoms with Crippen molar-refractivity contribution in [1.82, 2.24) is 9.80 Å². The second-order valence-electron chi connectivity index (χ2n) is 7.69. The molecule has 2 saturated heterocycles. The molecule has 0 aliphatic carbocycles. The molecule has 2 aromatic carbocycles. The Balaban J connectivity index is 1.27. The van der Waals surface area contributed by atoms with Crippen LogP contribution in [-0.4, -0.2) is 73.0 Å². The van der Waals surface area contributed by atoms with Gasteiger partial charge < -0.3 is 29.3 Å². The monoisotopic (exact) mass is 425 g/mol. The standard InChI is InChI=1S/C23H27N3O5/c27-22(28)26-14-15-30-21(16-26)19-6-8-20(9-7-19)24-10-12-25(13-11-24)23(29)31-17-18-4-2-1-3-5-18/h1-9,21H,10-17H2,(H,27,28)/t21-/m0/s1. The number of anilines is 1. The number of benzene rings is 2. The van der Waals surface area contributed by atoms with Gasteiger partial charge in [0.05, 0.1) is 13.2 Å². The van der Waals surface area contributed by atoms with E-state index in [0.29, 0.717) is 32.8 Å². The third-order valence-corrected chi connectivity index (χ3v) is 5.71. The number of hydrogen-bond donors (Lipinski definition) is 1. The van der Waals surface area contributed by atoms with Gasteiger partial charge in [-0.3, -0.25) is 0 Å². The quantitative estimate of drug-likeness (QED) is 0.810. The Labute approximate surface area is 181 Å². The van der Waals surface area contributed by atoms with Crippen molar-refractivity contribution in [2.75, 3.05) is 50.8 Å². The third kappa shape index (κ3) is 5.27. The van der Waals surface area contributed by atoms with Crippen LogP contribution < -0.4 is 4.90 Å². The fourth-order valence-corrected chi connectivity index (χ4v) is 3.88. The summed E-state index contributed by atoms with van der Waals surface area (Å²) in [5.74, 6) is 0. The summed E-state index contributed by atoms with van der Waals surface area (Å²) in [4.78, 5) is 28.9. The molecule has 2 amide bonds. The summed E-state index contributed by atoms with van der Waals surface area (Å²) < 4.78 is 11.2. The molecule has 31 heavy (non-hydrogen) atoms. The van der Waals surface area contributed by atoms with Crippen LogP contribution in [0.1, 0.15) is 17.2 Å². The lowest BCUT2D eigenvalue weighted by Crippen LogP contribution is -2.48. The molecule has 2 heterocycles. The Morgan fingerprint density at radius 1 is 0.935 bits per heavy atom. The maximum absolute atomic E-state index is 12.3. The maximum Gasteiger partial charge on any atom is 0.410 e. The van der Waals surface area contributed by atoms with Crippen molar-refractivity contribution < 1.29 is 24.2 Å². The second kappa shape index (κ2) is 9.70. The van der Waals surface area contributed by atoms with Gasteiger partial charge in [-0.25, -0.2) is 9.59 Å². The number of carbonyl (C=O) groups is 2. The molecule has 8 nitrogen and oxygen atoms in total. The molecule has 0 aromatic heterocycles. The summed E-state index contributed by atoms with van der Waals surface area (Å²) in [6.45, 7) is 4.10. The molecule has 2 aromatic rings. The number of morpholine rings is 1. The van der Waals surface area contributed by atoms with Gasteiger partial charge >= 0.3 is 12.2 Å². The number of hydrogen-bond acceptors (Lipinski definition) is 5. The summed E-state index contributed by atoms with van der Waals surface area (Å²) >= 11 is 0. The topological polar surface area (TPSA) is 82.5 Å². The molecule has 8 heteroatoms. The Kier molecular flexibility index (Phi) is 6.57. The van der Waals surface area contributed by atoms with Crippen LogP contribution in [0.2, 0.25) is 0 Å². The first-order chi connectivity index (χ1) is 15.1. The van der Waals surface area contributed by atoms with Crippen LogP contribution in [0.25, 0.3) is 0 Å². The minimum absolute atomic E-state index is 0.241. The molecule has 1 atom stereocenters. The molecule has 0 radical (unpaired) electrons. The summed E-state index contributed by atoms with van der Waals surface area (Å²) in [6.07, 6.45) is -1.43. The maximum atomic E-state index is 12.3. The highest BCUT2D eigenvalue weighted by Crippen LogP contribution is 2.25. The predicted octanol–water partition coefficient (Wildman–Crippen LogP) is 3.20. The zero-order chi connectivity index (χ0) is 21.6. The molecule has 2 fully saturated rings. The van der Waals surface area contributed by atoms with Crippen LogP contribution in [0.3, 0.4) is 0 Å². The van der Waals surface area contributed by atoms with Crippen molar-refractivity contribution in [2.24, 2.45) is 0 Å². The summed E-state index contributed by atoms with van der Waals surface area (Å²) in [5, 5.41) is 9.20. The highest BCUT2D eigenvalue weighted by atomic mass is 16.6. The lowest BCUT2D eigenvalue weighted by Gasteiger charge is -2.36. The van der Waals surface area contributed by atoms with E-state index in [2.05, 4.69) is 4.90 Å². The zero-order valence-corrected chi connectivity index (χ0v) is 17.4. The van der Waals surface area contributed by atoms with Gasteiger partial charge in [0.15, 0.2) is 0 Å². The van der Waals surface area contributed by atoms with E-state index in [9.17, 15) is 14.7 Å². The minimum atomic E-state index is -0.912. The third-order valence-electron chi connectivity index (χ3n) is 5.71. The average Bonchev–Trinajstić information content (AvgIpc) is 2.83. The van der Waals surface area contributed by atoms with Crippen LogP contribution in [0.15, 0.2) is 54.6 Å². The van der Waals surface area contributed by atoms with Crippen molar-refractivity contribution >= 4 is 17.9 Å². The van der Waals surface area contributed by atoms with E-state index in [0.717, 1.165) is 29.9 Å². The molecule has 0 unspecified atom stereocenters. The van der Waals surface area contributed by atoms with E-state index in [1.165, 1.54) is 4.90 Å². The molecule has 2 aliphatic rings. The van der Waals surface area contributed by atoms with Gasteiger partial charge in [0.1, 0.15) is 12.7 Å². The van der Waals surface area contributed by atoms with Crippen LogP contribution in [0, 0.1) is 0 Å². The van der Waals surface area contributed by atoms with E-state index in [1.807, 2.05) is 54.6 Å². The number of amides is 2. The first-order valence-corrected chi connectivity index (χ1v) is 10.5. The molecular formula is C23H27N3O5. The Hall–Kier alpha value is -3.26. The van der Waals surface area contributed by atoms with Crippen LogP contribution in [0.5, 0.6) is 0 Å². The predicted molar refractivity (Wildman–Crippen MR) is 115 cm³/mol. The molecular weight excluding hydrogens is 398 g/mol. The molecule has 0 saturated carbocycles. The van der Waals surface area contributed by atoms with Gasteiger partial charge in [-0.1, -0.05) is 42.5 Å². The Morgan fingerprint density at radius 2 is 1.65 bits per heavy atom. The number of carboxylic acid groups (broad SMARTS) is 1. The van der Waals surface area contributed by atoms with Gasteiger partial charge in [0, 0.05) is 38.4 Å². The summed E-state index contributed by atoms with van der Waals surface area (Å²) in [6, 6.07) is 17.7. The van der Waals surface area contributed by atoms with Gasteiger partial charge in [0.2, 0.25) is 0 Å². The van der Waals surface area contributed by atoms with E-state index in [4.69, 9.17) is 9.47 Å². The van der Waals surface area contributed by atoms with Gasteiger partial charge in [-0.2, -0.15) is 0 Å². The van der Waals surface area contributed by atoms with Crippen molar-refractivity contribution in [2.45, 2.75) is 12.7 Å². The summed E-state index contributed by atoms with van der Waals surface area (Å²) in [5.41, 5.74) is 3.02. The van der Waals surface area contributed by atoms with Crippen molar-refractivity contribution in [3.8, 4) is 0 Å². The van der Waals surface area contributed by atoms with E-state index < -0.39 is 6.09 Å². The SMILES string of the molecule is O=C(O)N1CCO[C@H](c2ccc(N3CCN(C(=O)OCc4ccccc4)CC3)cc2)C1. The fourth-order valence-electron chi connectivity index (χ4n) is 3.88. The van der Waals surface area contributed by atoms with E-state index in [1.54, 1.807) is 4.90 Å². The van der Waals surface area contributed by atoms with Crippen molar-refractivity contribution in [3.05, 3.63) is 65.7 Å². The molecule has 1 N–H and O–H groups in total. The molecule has 164 valence electrons. The van der Waals surface area contributed by atoms with Crippen LogP contribution in [0.4, 0.5) is 15.3 Å². The lowest BCUT2D eigenvalue weighted by molar-refractivity contribution is -0.0231. The molecule has 0 spiro atoms. The number of nitrogens with zero attached hydrogens (tertiary/aromatic N) is 3. The van der Waals surface area contributed by atoms with Crippen LogP contribution >= 0.6 is 0 Å².